The smallest absolute Gasteiger partial charge is 0.236 e. The van der Waals surface area contributed by atoms with Crippen molar-refractivity contribution in [2.24, 2.45) is 11.8 Å². The van der Waals surface area contributed by atoms with E-state index in [-0.39, 0.29) is 11.3 Å². The third-order valence-electron chi connectivity index (χ3n) is 5.15. The predicted molar refractivity (Wildman–Crippen MR) is 118 cm³/mol. The van der Waals surface area contributed by atoms with Crippen molar-refractivity contribution in [1.29, 1.82) is 0 Å². The van der Waals surface area contributed by atoms with Crippen LogP contribution in [0, 0.1) is 23.5 Å². The number of nitrogens with one attached hydrogen (secondary N) is 1. The maximum absolute atomic E-state index is 13.6. The summed E-state index contributed by atoms with van der Waals surface area (Å²) in [5.41, 5.74) is 0.841. The standard InChI is InChI=1S/C26H23F2NO3/c1-16(2)24(30)23(26(32)29-21-10-6-9-20(28)15-21)22(17-7-4-3-5-8-17)25(31)18-11-13-19(27)14-12-18/h3-16,22-23H,1-2H3,(H,29,32). The van der Waals surface area contributed by atoms with Crippen LogP contribution in [0.5, 0.6) is 0 Å². The number of carbonyl (C=O) groups is 3. The molecule has 0 saturated heterocycles. The molecule has 3 aromatic rings. The van der Waals surface area contributed by atoms with Crippen molar-refractivity contribution in [2.45, 2.75) is 19.8 Å². The minimum absolute atomic E-state index is 0.178. The van der Waals surface area contributed by atoms with E-state index in [9.17, 15) is 23.2 Å². The number of halogens is 2. The third kappa shape index (κ3) is 5.32. The highest BCUT2D eigenvalue weighted by atomic mass is 19.1. The maximum Gasteiger partial charge on any atom is 0.236 e. The molecule has 0 aliphatic heterocycles. The summed E-state index contributed by atoms with van der Waals surface area (Å²) in [5.74, 6) is -5.70. The minimum Gasteiger partial charge on any atom is -0.325 e. The zero-order valence-corrected chi connectivity index (χ0v) is 17.7. The Bertz CT molecular complexity index is 1110. The van der Waals surface area contributed by atoms with Crippen molar-refractivity contribution in [3.63, 3.8) is 0 Å². The van der Waals surface area contributed by atoms with E-state index in [1.54, 1.807) is 44.2 Å². The van der Waals surface area contributed by atoms with Crippen molar-refractivity contribution >= 4 is 23.2 Å². The molecule has 0 aliphatic carbocycles. The molecule has 6 heteroatoms. The first-order valence-corrected chi connectivity index (χ1v) is 10.2. The van der Waals surface area contributed by atoms with Gasteiger partial charge in [0.25, 0.3) is 0 Å². The summed E-state index contributed by atoms with van der Waals surface area (Å²) < 4.78 is 27.0. The molecule has 0 radical (unpaired) electrons. The number of amides is 1. The van der Waals surface area contributed by atoms with E-state index in [1.807, 2.05) is 0 Å². The normalized spacial score (nSPS) is 12.8. The quantitative estimate of drug-likeness (QED) is 0.380. The highest BCUT2D eigenvalue weighted by Crippen LogP contribution is 2.32. The molecular weight excluding hydrogens is 412 g/mol. The van der Waals surface area contributed by atoms with E-state index in [4.69, 9.17) is 0 Å². The molecule has 2 unspecified atom stereocenters. The van der Waals surface area contributed by atoms with E-state index >= 15 is 0 Å². The average Bonchev–Trinajstić information content (AvgIpc) is 2.77. The van der Waals surface area contributed by atoms with Gasteiger partial charge in [-0.25, -0.2) is 8.78 Å². The van der Waals surface area contributed by atoms with Crippen LogP contribution in [0.3, 0.4) is 0 Å². The van der Waals surface area contributed by atoms with Gasteiger partial charge in [-0.3, -0.25) is 14.4 Å². The Kier molecular flexibility index (Phi) is 7.25. The van der Waals surface area contributed by atoms with E-state index in [1.165, 1.54) is 30.3 Å². The molecule has 0 aliphatic rings. The molecular formula is C26H23F2NO3. The van der Waals surface area contributed by atoms with Crippen LogP contribution in [-0.4, -0.2) is 17.5 Å². The number of Topliss-reactive ketones (excluding diaryl/α,β-unsaturated/α-hetero) is 2. The molecule has 0 heterocycles. The first kappa shape index (κ1) is 23.0. The van der Waals surface area contributed by atoms with Gasteiger partial charge in [0, 0.05) is 17.2 Å². The number of carbonyl (C=O) groups excluding carboxylic acids is 3. The second-order valence-electron chi connectivity index (χ2n) is 7.79. The largest absolute Gasteiger partial charge is 0.325 e. The highest BCUT2D eigenvalue weighted by Gasteiger charge is 2.41. The third-order valence-corrected chi connectivity index (χ3v) is 5.15. The Morgan fingerprint density at radius 1 is 0.781 bits per heavy atom. The van der Waals surface area contributed by atoms with Crippen LogP contribution in [0.4, 0.5) is 14.5 Å². The van der Waals surface area contributed by atoms with E-state index in [0.29, 0.717) is 5.56 Å². The lowest BCUT2D eigenvalue weighted by Crippen LogP contribution is -2.40. The second-order valence-corrected chi connectivity index (χ2v) is 7.79. The molecule has 3 aromatic carbocycles. The number of rotatable bonds is 8. The maximum atomic E-state index is 13.6. The number of anilines is 1. The Hall–Kier alpha value is -3.67. The van der Waals surface area contributed by atoms with Crippen molar-refractivity contribution in [2.75, 3.05) is 5.32 Å². The fourth-order valence-corrected chi connectivity index (χ4v) is 3.54. The Labute approximate surface area is 185 Å². The topological polar surface area (TPSA) is 63.2 Å². The molecule has 2 atom stereocenters. The van der Waals surface area contributed by atoms with Crippen LogP contribution in [0.1, 0.15) is 35.7 Å². The van der Waals surface area contributed by atoms with E-state index in [2.05, 4.69) is 5.32 Å². The summed E-state index contributed by atoms with van der Waals surface area (Å²) in [6.07, 6.45) is 0. The lowest BCUT2D eigenvalue weighted by atomic mass is 9.75. The second kappa shape index (κ2) is 10.1. The molecule has 1 amide bonds. The predicted octanol–water partition coefficient (Wildman–Crippen LogP) is 5.41. The van der Waals surface area contributed by atoms with Gasteiger partial charge in [-0.15, -0.1) is 0 Å². The Morgan fingerprint density at radius 3 is 2.03 bits per heavy atom. The monoisotopic (exact) mass is 435 g/mol. The van der Waals surface area contributed by atoms with E-state index in [0.717, 1.165) is 18.2 Å². The molecule has 4 nitrogen and oxygen atoms in total. The SMILES string of the molecule is CC(C)C(=O)C(C(=O)Nc1cccc(F)c1)C(C(=O)c1ccc(F)cc1)c1ccccc1. The van der Waals surface area contributed by atoms with Crippen molar-refractivity contribution in [1.82, 2.24) is 0 Å². The van der Waals surface area contributed by atoms with Crippen LogP contribution in [0.15, 0.2) is 78.9 Å². The summed E-state index contributed by atoms with van der Waals surface area (Å²) in [5, 5.41) is 2.57. The van der Waals surface area contributed by atoms with Crippen molar-refractivity contribution < 1.29 is 23.2 Å². The fraction of sp³-hybridized carbons (Fsp3) is 0.192. The average molecular weight is 435 g/mol. The number of hydrogen-bond donors (Lipinski definition) is 1. The number of benzene rings is 3. The Balaban J connectivity index is 2.08. The van der Waals surface area contributed by atoms with Gasteiger partial charge in [0.05, 0.1) is 5.92 Å². The first-order chi connectivity index (χ1) is 15.3. The molecule has 0 fully saturated rings. The van der Waals surface area contributed by atoms with Gasteiger partial charge in [-0.05, 0) is 48.0 Å². The zero-order valence-electron chi connectivity index (χ0n) is 17.7. The molecule has 3 rings (SSSR count). The molecule has 0 saturated carbocycles. The summed E-state index contributed by atoms with van der Waals surface area (Å²) in [4.78, 5) is 40.0. The summed E-state index contributed by atoms with van der Waals surface area (Å²) in [7, 11) is 0. The van der Waals surface area contributed by atoms with Crippen LogP contribution < -0.4 is 5.32 Å². The molecule has 0 aromatic heterocycles. The molecule has 0 bridgehead atoms. The van der Waals surface area contributed by atoms with E-state index < -0.39 is 46.9 Å². The van der Waals surface area contributed by atoms with Gasteiger partial charge in [-0.2, -0.15) is 0 Å². The van der Waals surface area contributed by atoms with Gasteiger partial charge in [0.2, 0.25) is 5.91 Å². The van der Waals surface area contributed by atoms with Gasteiger partial charge < -0.3 is 5.32 Å². The highest BCUT2D eigenvalue weighted by molar-refractivity contribution is 6.14. The summed E-state index contributed by atoms with van der Waals surface area (Å²) in [6, 6.07) is 18.8. The fourth-order valence-electron chi connectivity index (χ4n) is 3.54. The van der Waals surface area contributed by atoms with Crippen LogP contribution in [0.2, 0.25) is 0 Å². The van der Waals surface area contributed by atoms with Gasteiger partial charge in [0.15, 0.2) is 5.78 Å². The lowest BCUT2D eigenvalue weighted by Gasteiger charge is -2.26. The molecule has 164 valence electrons. The zero-order chi connectivity index (χ0) is 23.3. The van der Waals surface area contributed by atoms with Gasteiger partial charge in [-0.1, -0.05) is 50.2 Å². The first-order valence-electron chi connectivity index (χ1n) is 10.2. The Morgan fingerprint density at radius 2 is 1.44 bits per heavy atom. The molecule has 32 heavy (non-hydrogen) atoms. The molecule has 0 spiro atoms. The van der Waals surface area contributed by atoms with Crippen LogP contribution >= 0.6 is 0 Å². The van der Waals surface area contributed by atoms with Gasteiger partial charge in [0.1, 0.15) is 23.3 Å². The minimum atomic E-state index is -1.36. The summed E-state index contributed by atoms with van der Waals surface area (Å²) in [6.45, 7) is 3.30. The van der Waals surface area contributed by atoms with Gasteiger partial charge >= 0.3 is 0 Å². The van der Waals surface area contributed by atoms with Crippen LogP contribution in [-0.2, 0) is 9.59 Å². The van der Waals surface area contributed by atoms with Crippen molar-refractivity contribution in [3.8, 4) is 0 Å². The number of hydrogen-bond acceptors (Lipinski definition) is 3. The lowest BCUT2D eigenvalue weighted by molar-refractivity contribution is -0.133. The number of ketones is 2. The summed E-state index contributed by atoms with van der Waals surface area (Å²) >= 11 is 0. The van der Waals surface area contributed by atoms with Crippen molar-refractivity contribution in [3.05, 3.63) is 102 Å². The van der Waals surface area contributed by atoms with Crippen LogP contribution in [0.25, 0.3) is 0 Å². The molecule has 1 N–H and O–H groups in total.